The number of hydrogen-bond donors (Lipinski definition) is 0. The monoisotopic (exact) mass is 380 g/mol. The summed E-state index contributed by atoms with van der Waals surface area (Å²) in [7, 11) is 2.09. The van der Waals surface area contributed by atoms with E-state index in [1.165, 1.54) is 0 Å². The Hall–Kier alpha value is -1.70. The third kappa shape index (κ3) is 5.15. The lowest BCUT2D eigenvalue weighted by atomic mass is 10.3. The molecular weight excluding hydrogens is 368 g/mol. The predicted octanol–water partition coefficient (Wildman–Crippen LogP) is 2.07. The van der Waals surface area contributed by atoms with Crippen LogP contribution in [0.3, 0.4) is 0 Å². The molecule has 0 heterocycles. The first kappa shape index (κ1) is 24.6. The maximum Gasteiger partial charge on any atom is 0.460 e. The fourth-order valence-electron chi connectivity index (χ4n) is 0.892. The molecule has 6 nitrogen and oxygen atoms in total. The lowest BCUT2D eigenvalue weighted by Crippen LogP contribution is -2.50. The molecule has 0 spiro atoms. The number of hydrogen-bond acceptors (Lipinski definition) is 6. The highest BCUT2D eigenvalue weighted by molar-refractivity contribution is 5.79. The molecule has 0 aliphatic rings. The highest BCUT2D eigenvalue weighted by atomic mass is 19.4. The van der Waals surface area contributed by atoms with Crippen molar-refractivity contribution >= 4 is 11.9 Å². The van der Waals surface area contributed by atoms with Crippen LogP contribution >= 0.6 is 0 Å². The third-order valence-corrected chi connectivity index (χ3v) is 2.19. The van der Waals surface area contributed by atoms with Crippen molar-refractivity contribution in [2.24, 2.45) is 0 Å². The lowest BCUT2D eigenvalue weighted by molar-refractivity contribution is -0.316. The van der Waals surface area contributed by atoms with Gasteiger partial charge in [0.25, 0.3) is 0 Å². The van der Waals surface area contributed by atoms with Crippen molar-refractivity contribution in [3.05, 3.63) is 0 Å². The van der Waals surface area contributed by atoms with Crippen molar-refractivity contribution in [3.63, 3.8) is 0 Å². The van der Waals surface area contributed by atoms with Gasteiger partial charge in [-0.25, -0.2) is 9.59 Å². The summed E-state index contributed by atoms with van der Waals surface area (Å²) in [5.74, 6) is -13.0. The molecule has 0 aliphatic carbocycles. The summed E-state index contributed by atoms with van der Waals surface area (Å²) in [5.41, 5.74) is 0. The maximum absolute atomic E-state index is 12.6. The molecular formula is C10H12F8O6. The Morgan fingerprint density at radius 3 is 0.833 bits per heavy atom. The zero-order chi connectivity index (χ0) is 20.0. The van der Waals surface area contributed by atoms with Gasteiger partial charge in [-0.05, 0) is 0 Å². The summed E-state index contributed by atoms with van der Waals surface area (Å²) in [6.45, 7) is 0. The molecule has 0 fully saturated rings. The van der Waals surface area contributed by atoms with Crippen molar-refractivity contribution < 1.29 is 63.7 Å². The summed E-state index contributed by atoms with van der Waals surface area (Å²) in [4.78, 5) is 20.5. The predicted molar refractivity (Wildman–Crippen MR) is 57.8 cm³/mol. The Kier molecular flexibility index (Phi) is 8.61. The third-order valence-electron chi connectivity index (χ3n) is 2.19. The molecule has 0 radical (unpaired) electrons. The van der Waals surface area contributed by atoms with E-state index in [1.54, 1.807) is 0 Å². The quantitative estimate of drug-likeness (QED) is 0.549. The first-order chi connectivity index (χ1) is 10.6. The number of alkyl halides is 8. The topological polar surface area (TPSA) is 71.1 Å². The molecule has 0 aromatic rings. The molecule has 0 saturated carbocycles. The minimum absolute atomic E-state index is 0.421. The molecule has 0 aromatic carbocycles. The van der Waals surface area contributed by atoms with Crippen molar-refractivity contribution in [1.29, 1.82) is 0 Å². The number of methoxy groups -OCH3 is 4. The van der Waals surface area contributed by atoms with Crippen LogP contribution in [-0.4, -0.2) is 64.4 Å². The molecule has 0 saturated heterocycles. The number of carbonyl (C=O) groups excluding carboxylic acids is 2. The van der Waals surface area contributed by atoms with Gasteiger partial charge < -0.3 is 18.9 Å². The van der Waals surface area contributed by atoms with E-state index in [2.05, 4.69) is 18.9 Å². The first-order valence-corrected chi connectivity index (χ1v) is 5.37. The van der Waals surface area contributed by atoms with Crippen molar-refractivity contribution in [2.45, 2.75) is 24.1 Å². The van der Waals surface area contributed by atoms with Crippen molar-refractivity contribution in [3.8, 4) is 0 Å². The molecule has 0 aromatic heterocycles. The molecule has 0 aliphatic heterocycles. The highest BCUT2D eigenvalue weighted by Gasteiger charge is 2.65. The molecule has 0 amide bonds. The Bertz CT molecular complexity index is 396. The van der Waals surface area contributed by atoms with Crippen LogP contribution in [-0.2, 0) is 28.5 Å². The van der Waals surface area contributed by atoms with Crippen LogP contribution in [0.5, 0.6) is 0 Å². The van der Waals surface area contributed by atoms with Gasteiger partial charge in [0.2, 0.25) is 0 Å². The largest absolute Gasteiger partial charge is 0.465 e. The zero-order valence-electron chi connectivity index (χ0n) is 12.5. The van der Waals surface area contributed by atoms with Gasteiger partial charge in [0.1, 0.15) is 0 Å². The summed E-state index contributed by atoms with van der Waals surface area (Å²) >= 11 is 0. The van der Waals surface area contributed by atoms with Gasteiger partial charge in [-0.2, -0.15) is 35.1 Å². The van der Waals surface area contributed by atoms with Gasteiger partial charge in [-0.15, -0.1) is 0 Å². The normalized spacial score (nSPS) is 16.8. The minimum atomic E-state index is -5.44. The van der Waals surface area contributed by atoms with Crippen LogP contribution in [0.2, 0.25) is 0 Å². The average Bonchev–Trinajstić information content (AvgIpc) is 2.49. The van der Waals surface area contributed by atoms with E-state index in [0.29, 0.717) is 28.4 Å². The van der Waals surface area contributed by atoms with Crippen LogP contribution in [0.4, 0.5) is 35.1 Å². The van der Waals surface area contributed by atoms with Gasteiger partial charge in [-0.3, -0.25) is 0 Å². The molecule has 144 valence electrons. The first-order valence-electron chi connectivity index (χ1n) is 5.37. The number of rotatable bonds is 4. The lowest BCUT2D eigenvalue weighted by Gasteiger charge is -2.22. The number of carbonyl (C=O) groups is 2. The minimum Gasteiger partial charge on any atom is -0.465 e. The molecule has 2 unspecified atom stereocenters. The van der Waals surface area contributed by atoms with Gasteiger partial charge in [-0.1, -0.05) is 0 Å². The second kappa shape index (κ2) is 8.41. The van der Waals surface area contributed by atoms with Gasteiger partial charge >= 0.3 is 36.0 Å². The van der Waals surface area contributed by atoms with Crippen molar-refractivity contribution in [2.75, 3.05) is 28.4 Å². The standard InChI is InChI=1S/2C5H6F4O3/c2*1-11-3(10)4(6,12-2)5(7,8)9/h2*1-2H3. The highest BCUT2D eigenvalue weighted by Crippen LogP contribution is 2.36. The van der Waals surface area contributed by atoms with Crippen LogP contribution in [0.15, 0.2) is 0 Å². The average molecular weight is 380 g/mol. The van der Waals surface area contributed by atoms with Gasteiger partial charge in [0.05, 0.1) is 14.2 Å². The zero-order valence-corrected chi connectivity index (χ0v) is 12.5. The molecule has 2 atom stereocenters. The molecule has 0 rings (SSSR count). The fourth-order valence-corrected chi connectivity index (χ4v) is 0.892. The van der Waals surface area contributed by atoms with Crippen LogP contribution in [0.1, 0.15) is 0 Å². The number of ether oxygens (including phenoxy) is 4. The maximum atomic E-state index is 12.6. The molecule has 0 bridgehead atoms. The number of esters is 2. The van der Waals surface area contributed by atoms with E-state index in [-0.39, 0.29) is 0 Å². The van der Waals surface area contributed by atoms with Crippen LogP contribution < -0.4 is 0 Å². The Labute approximate surface area is 129 Å². The summed E-state index contributed by atoms with van der Waals surface area (Å²) < 4.78 is 110. The van der Waals surface area contributed by atoms with Gasteiger partial charge in [0, 0.05) is 14.2 Å². The van der Waals surface area contributed by atoms with E-state index in [4.69, 9.17) is 0 Å². The smallest absolute Gasteiger partial charge is 0.460 e. The van der Waals surface area contributed by atoms with Crippen LogP contribution in [0.25, 0.3) is 0 Å². The molecule has 0 N–H and O–H groups in total. The van der Waals surface area contributed by atoms with E-state index in [1.807, 2.05) is 0 Å². The second-order valence-electron chi connectivity index (χ2n) is 3.58. The summed E-state index contributed by atoms with van der Waals surface area (Å²) in [5, 5.41) is 0. The Balaban J connectivity index is 0. The fraction of sp³-hybridized carbons (Fsp3) is 0.800. The molecule has 24 heavy (non-hydrogen) atoms. The second-order valence-corrected chi connectivity index (χ2v) is 3.58. The van der Waals surface area contributed by atoms with Crippen molar-refractivity contribution in [1.82, 2.24) is 0 Å². The number of halogens is 8. The molecule has 14 heteroatoms. The Morgan fingerprint density at radius 1 is 0.583 bits per heavy atom. The van der Waals surface area contributed by atoms with Gasteiger partial charge in [0.15, 0.2) is 0 Å². The summed E-state index contributed by atoms with van der Waals surface area (Å²) in [6, 6.07) is 0. The van der Waals surface area contributed by atoms with E-state index >= 15 is 0 Å². The summed E-state index contributed by atoms with van der Waals surface area (Å²) in [6.07, 6.45) is -10.9. The Morgan fingerprint density at radius 2 is 0.792 bits per heavy atom. The van der Waals surface area contributed by atoms with Crippen LogP contribution in [0, 0.1) is 0 Å². The van der Waals surface area contributed by atoms with E-state index in [0.717, 1.165) is 0 Å². The van der Waals surface area contributed by atoms with E-state index < -0.39 is 36.0 Å². The van der Waals surface area contributed by atoms with E-state index in [9.17, 15) is 44.7 Å². The SMILES string of the molecule is COC(=O)C(F)(OC)C(F)(F)F.COC(=O)C(F)(OC)C(F)(F)F.